The fourth-order valence-corrected chi connectivity index (χ4v) is 2.96. The molecule has 2 aromatic rings. The highest BCUT2D eigenvalue weighted by Crippen LogP contribution is 2.44. The summed E-state index contributed by atoms with van der Waals surface area (Å²) in [6.45, 7) is 5.94. The van der Waals surface area contributed by atoms with Crippen molar-refractivity contribution in [3.63, 3.8) is 0 Å². The Balaban J connectivity index is 2.27. The number of halogens is 1. The summed E-state index contributed by atoms with van der Waals surface area (Å²) in [5, 5.41) is 0. The van der Waals surface area contributed by atoms with Gasteiger partial charge in [0.2, 0.25) is 0 Å². The van der Waals surface area contributed by atoms with Crippen molar-refractivity contribution in [2.75, 3.05) is 4.90 Å². The van der Waals surface area contributed by atoms with Crippen molar-refractivity contribution < 1.29 is 4.74 Å². The van der Waals surface area contributed by atoms with E-state index in [9.17, 15) is 0 Å². The van der Waals surface area contributed by atoms with Crippen LogP contribution in [0, 0.1) is 0 Å². The van der Waals surface area contributed by atoms with Crippen LogP contribution >= 0.6 is 15.9 Å². The van der Waals surface area contributed by atoms with E-state index in [0.717, 1.165) is 33.1 Å². The number of hydrogen-bond donors (Lipinski definition) is 0. The number of fused-ring (bicyclic) bond motifs is 1. The van der Waals surface area contributed by atoms with Crippen LogP contribution in [0.3, 0.4) is 0 Å². The molecule has 0 amide bonds. The molecule has 2 nitrogen and oxygen atoms in total. The van der Waals surface area contributed by atoms with Crippen molar-refractivity contribution in [3.8, 4) is 5.75 Å². The Hall–Kier alpha value is -2.26. The second-order valence-electron chi connectivity index (χ2n) is 4.81. The van der Waals surface area contributed by atoms with E-state index in [1.54, 1.807) is 0 Å². The molecular weight excluding hydrogens is 338 g/mol. The molecule has 0 aromatic heterocycles. The highest BCUT2D eigenvalue weighted by molar-refractivity contribution is 9.10. The van der Waals surface area contributed by atoms with E-state index in [1.807, 2.05) is 67.6 Å². The number of anilines is 2. The van der Waals surface area contributed by atoms with Crippen LogP contribution in [0.4, 0.5) is 11.4 Å². The number of benzene rings is 2. The molecule has 0 saturated carbocycles. The molecule has 0 N–H and O–H groups in total. The molecule has 1 heterocycles. The van der Waals surface area contributed by atoms with Gasteiger partial charge in [-0.1, -0.05) is 36.9 Å². The lowest BCUT2D eigenvalue weighted by Crippen LogP contribution is -2.23. The summed E-state index contributed by atoms with van der Waals surface area (Å²) in [5.74, 6) is 1.61. The molecule has 0 fully saturated rings. The summed E-state index contributed by atoms with van der Waals surface area (Å²) in [5.41, 5.74) is 2.97. The average Bonchev–Trinajstić information content (AvgIpc) is 2.54. The van der Waals surface area contributed by atoms with Gasteiger partial charge < -0.3 is 9.64 Å². The summed E-state index contributed by atoms with van der Waals surface area (Å²) in [7, 11) is 0. The zero-order valence-electron chi connectivity index (χ0n) is 12.3. The van der Waals surface area contributed by atoms with Crippen LogP contribution in [-0.4, -0.2) is 0 Å². The molecule has 3 heteroatoms. The van der Waals surface area contributed by atoms with Gasteiger partial charge in [-0.3, -0.25) is 0 Å². The van der Waals surface area contributed by atoms with Gasteiger partial charge in [0.1, 0.15) is 0 Å². The molecule has 0 atom stereocenters. The minimum atomic E-state index is 0.784. The maximum Gasteiger partial charge on any atom is 0.151 e. The van der Waals surface area contributed by atoms with E-state index in [4.69, 9.17) is 4.74 Å². The molecule has 1 aliphatic rings. The number of rotatable bonds is 3. The third kappa shape index (κ3) is 2.48. The molecule has 3 rings (SSSR count). The van der Waals surface area contributed by atoms with Crippen LogP contribution in [-0.2, 0) is 0 Å². The van der Waals surface area contributed by atoms with Crippen molar-refractivity contribution in [2.45, 2.75) is 6.92 Å². The van der Waals surface area contributed by atoms with Gasteiger partial charge >= 0.3 is 0 Å². The van der Waals surface area contributed by atoms with Crippen LogP contribution in [0.25, 0.3) is 0 Å². The van der Waals surface area contributed by atoms with Gasteiger partial charge in [-0.15, -0.1) is 0 Å². The van der Waals surface area contributed by atoms with Gasteiger partial charge in [-0.05, 0) is 59.3 Å². The largest absolute Gasteiger partial charge is 0.453 e. The van der Waals surface area contributed by atoms with E-state index < -0.39 is 0 Å². The molecule has 110 valence electrons. The van der Waals surface area contributed by atoms with Crippen LogP contribution in [0.15, 0.2) is 89.3 Å². The maximum absolute atomic E-state index is 6.03. The number of nitrogens with zero attached hydrogens (tertiary/aromatic N) is 1. The Morgan fingerprint density at radius 3 is 2.41 bits per heavy atom. The Morgan fingerprint density at radius 2 is 1.73 bits per heavy atom. The van der Waals surface area contributed by atoms with E-state index in [0.29, 0.717) is 0 Å². The van der Waals surface area contributed by atoms with Gasteiger partial charge in [0.05, 0.1) is 17.1 Å². The maximum atomic E-state index is 6.03. The Morgan fingerprint density at radius 1 is 1.05 bits per heavy atom. The highest BCUT2D eigenvalue weighted by atomic mass is 79.9. The summed E-state index contributed by atoms with van der Waals surface area (Å²) in [4.78, 5) is 2.16. The standard InChI is InChI=1S/C19H16BrNO/c1-3-9-18-15(4-2)21(16-11-6-5-10-14(16)20)17-12-7-8-13-19(17)22-18/h3-13H,2H2,1H3/b9-3-. The summed E-state index contributed by atoms with van der Waals surface area (Å²) in [6, 6.07) is 16.1. The van der Waals surface area contributed by atoms with Crippen molar-refractivity contribution >= 4 is 27.3 Å². The molecule has 0 saturated heterocycles. The zero-order valence-corrected chi connectivity index (χ0v) is 13.9. The first-order chi connectivity index (χ1) is 10.8. The zero-order chi connectivity index (χ0) is 15.5. The highest BCUT2D eigenvalue weighted by Gasteiger charge is 2.26. The van der Waals surface area contributed by atoms with Gasteiger partial charge in [0.25, 0.3) is 0 Å². The predicted molar refractivity (Wildman–Crippen MR) is 95.4 cm³/mol. The minimum absolute atomic E-state index is 0.784. The molecule has 0 spiro atoms. The van der Waals surface area contributed by atoms with E-state index in [1.165, 1.54) is 0 Å². The fourth-order valence-electron chi connectivity index (χ4n) is 2.49. The van der Waals surface area contributed by atoms with E-state index in [2.05, 4.69) is 33.5 Å². The molecule has 0 unspecified atom stereocenters. The topological polar surface area (TPSA) is 12.5 Å². The molecular formula is C19H16BrNO. The quantitative estimate of drug-likeness (QED) is 0.675. The molecule has 1 aliphatic heterocycles. The van der Waals surface area contributed by atoms with Crippen LogP contribution in [0.1, 0.15) is 6.92 Å². The number of hydrogen-bond acceptors (Lipinski definition) is 2. The second-order valence-corrected chi connectivity index (χ2v) is 5.66. The monoisotopic (exact) mass is 353 g/mol. The van der Waals surface area contributed by atoms with Crippen molar-refractivity contribution in [3.05, 3.63) is 89.3 Å². The van der Waals surface area contributed by atoms with Crippen LogP contribution < -0.4 is 9.64 Å². The van der Waals surface area contributed by atoms with Gasteiger partial charge in [-0.25, -0.2) is 0 Å². The SMILES string of the molecule is C=CC1=C(/C=C\C)Oc2ccccc2N1c1ccccc1Br. The summed E-state index contributed by atoms with van der Waals surface area (Å²) in [6.07, 6.45) is 5.74. The Kier molecular flexibility index (Phi) is 4.16. The molecule has 0 radical (unpaired) electrons. The number of para-hydroxylation sites is 3. The molecule has 0 bridgehead atoms. The van der Waals surface area contributed by atoms with Crippen molar-refractivity contribution in [1.82, 2.24) is 0 Å². The lowest BCUT2D eigenvalue weighted by atomic mass is 10.1. The third-order valence-electron chi connectivity index (χ3n) is 3.42. The molecule has 0 aliphatic carbocycles. The molecule has 22 heavy (non-hydrogen) atoms. The molecule has 2 aromatic carbocycles. The first-order valence-electron chi connectivity index (χ1n) is 7.07. The van der Waals surface area contributed by atoms with Crippen LogP contribution in [0.2, 0.25) is 0 Å². The van der Waals surface area contributed by atoms with Gasteiger partial charge in [-0.2, -0.15) is 0 Å². The minimum Gasteiger partial charge on any atom is -0.453 e. The summed E-state index contributed by atoms with van der Waals surface area (Å²) >= 11 is 3.64. The van der Waals surface area contributed by atoms with Gasteiger partial charge in [0, 0.05) is 4.47 Å². The smallest absolute Gasteiger partial charge is 0.151 e. The second kappa shape index (κ2) is 6.24. The van der Waals surface area contributed by atoms with Crippen molar-refractivity contribution in [2.24, 2.45) is 0 Å². The Labute approximate surface area is 139 Å². The first-order valence-corrected chi connectivity index (χ1v) is 7.86. The normalized spacial score (nSPS) is 14.0. The fraction of sp³-hybridized carbons (Fsp3) is 0.0526. The lowest BCUT2D eigenvalue weighted by molar-refractivity contribution is 0.430. The summed E-state index contributed by atoms with van der Waals surface area (Å²) < 4.78 is 7.05. The first kappa shape index (κ1) is 14.7. The predicted octanol–water partition coefficient (Wildman–Crippen LogP) is 5.95. The van der Waals surface area contributed by atoms with Crippen LogP contribution in [0.5, 0.6) is 5.75 Å². The third-order valence-corrected chi connectivity index (χ3v) is 4.09. The van der Waals surface area contributed by atoms with E-state index >= 15 is 0 Å². The Bertz CT molecular complexity index is 777. The number of ether oxygens (including phenoxy) is 1. The average molecular weight is 354 g/mol. The van der Waals surface area contributed by atoms with Gasteiger partial charge in [0.15, 0.2) is 11.5 Å². The van der Waals surface area contributed by atoms with E-state index in [-0.39, 0.29) is 0 Å². The van der Waals surface area contributed by atoms with Crippen molar-refractivity contribution in [1.29, 1.82) is 0 Å². The number of allylic oxidation sites excluding steroid dienone is 3. The lowest BCUT2D eigenvalue weighted by Gasteiger charge is -2.33.